The zero-order valence-corrected chi connectivity index (χ0v) is 32.0. The highest BCUT2D eigenvalue weighted by atomic mass is 16.3. The van der Waals surface area contributed by atoms with Gasteiger partial charge in [0.2, 0.25) is 0 Å². The number of hydrogen-bond acceptors (Lipinski definition) is 4. The van der Waals surface area contributed by atoms with E-state index in [-0.39, 0.29) is 0 Å². The summed E-state index contributed by atoms with van der Waals surface area (Å²) in [6.45, 7) is 0. The largest absolute Gasteiger partial charge is 0.456 e. The summed E-state index contributed by atoms with van der Waals surface area (Å²) in [5.74, 6) is 1.81. The van der Waals surface area contributed by atoms with E-state index in [0.29, 0.717) is 17.5 Å². The van der Waals surface area contributed by atoms with Crippen LogP contribution in [0.4, 0.5) is 0 Å². The Morgan fingerprint density at radius 3 is 1.49 bits per heavy atom. The Kier molecular flexibility index (Phi) is 8.45. The van der Waals surface area contributed by atoms with Crippen molar-refractivity contribution in [3.05, 3.63) is 212 Å². The first-order valence-electron chi connectivity index (χ1n) is 19.8. The van der Waals surface area contributed by atoms with Gasteiger partial charge in [0.1, 0.15) is 11.2 Å². The number of rotatable bonds is 7. The molecule has 0 aliphatic rings. The highest BCUT2D eigenvalue weighted by Crippen LogP contribution is 2.40. The van der Waals surface area contributed by atoms with Crippen LogP contribution in [0.25, 0.3) is 111 Å². The highest BCUT2D eigenvalue weighted by Gasteiger charge is 2.19. The van der Waals surface area contributed by atoms with Crippen LogP contribution in [-0.4, -0.2) is 15.0 Å². The van der Waals surface area contributed by atoms with Gasteiger partial charge in [-0.1, -0.05) is 182 Å². The molecule has 0 bridgehead atoms. The number of fused-ring (bicyclic) bond motifs is 4. The summed E-state index contributed by atoms with van der Waals surface area (Å²) in [4.78, 5) is 15.3. The molecule has 0 spiro atoms. The van der Waals surface area contributed by atoms with Gasteiger partial charge in [-0.25, -0.2) is 15.0 Å². The second-order valence-electron chi connectivity index (χ2n) is 14.8. The Labute approximate surface area is 341 Å². The number of benzene rings is 9. The van der Waals surface area contributed by atoms with Crippen LogP contribution in [-0.2, 0) is 0 Å². The molecule has 0 saturated heterocycles. The molecule has 59 heavy (non-hydrogen) atoms. The van der Waals surface area contributed by atoms with Gasteiger partial charge < -0.3 is 4.42 Å². The van der Waals surface area contributed by atoms with Gasteiger partial charge in [0.25, 0.3) is 0 Å². The van der Waals surface area contributed by atoms with E-state index in [4.69, 9.17) is 19.4 Å². The quantitative estimate of drug-likeness (QED) is 0.163. The van der Waals surface area contributed by atoms with Crippen molar-refractivity contribution in [1.29, 1.82) is 0 Å². The molecule has 4 heteroatoms. The maximum atomic E-state index is 6.62. The summed E-state index contributed by atoms with van der Waals surface area (Å²) < 4.78 is 6.62. The second kappa shape index (κ2) is 14.5. The molecule has 0 N–H and O–H groups in total. The predicted octanol–water partition coefficient (Wildman–Crippen LogP) is 14.6. The molecule has 9 aromatic carbocycles. The second-order valence-corrected chi connectivity index (χ2v) is 14.8. The average molecular weight is 754 g/mol. The average Bonchev–Trinajstić information content (AvgIpc) is 3.70. The first-order chi connectivity index (χ1) is 29.2. The monoisotopic (exact) mass is 753 g/mol. The molecule has 2 aromatic heterocycles. The van der Waals surface area contributed by atoms with Crippen molar-refractivity contribution in [2.45, 2.75) is 0 Å². The minimum atomic E-state index is 0.582. The first kappa shape index (κ1) is 34.3. The summed E-state index contributed by atoms with van der Waals surface area (Å²) in [6, 6.07) is 74.0. The van der Waals surface area contributed by atoms with Crippen molar-refractivity contribution < 1.29 is 4.42 Å². The Hall–Kier alpha value is -7.95. The molecule has 0 unspecified atom stereocenters. The van der Waals surface area contributed by atoms with Gasteiger partial charge in [0.05, 0.1) is 0 Å². The zero-order valence-electron chi connectivity index (χ0n) is 32.0. The van der Waals surface area contributed by atoms with E-state index >= 15 is 0 Å². The fourth-order valence-corrected chi connectivity index (χ4v) is 8.26. The molecule has 0 atom stereocenters. The van der Waals surface area contributed by atoms with Crippen LogP contribution < -0.4 is 0 Å². The number of aromatic nitrogens is 3. The third kappa shape index (κ3) is 6.34. The first-order valence-corrected chi connectivity index (χ1v) is 19.8. The Balaban J connectivity index is 1.01. The van der Waals surface area contributed by atoms with Crippen molar-refractivity contribution in [2.75, 3.05) is 0 Å². The summed E-state index contributed by atoms with van der Waals surface area (Å²) in [7, 11) is 0. The number of nitrogens with zero attached hydrogens (tertiary/aromatic N) is 3. The zero-order chi connectivity index (χ0) is 39.1. The lowest BCUT2D eigenvalue weighted by molar-refractivity contribution is 0.669. The van der Waals surface area contributed by atoms with Crippen LogP contribution >= 0.6 is 0 Å². The molecular formula is C55H35N3O. The summed E-state index contributed by atoms with van der Waals surface area (Å²) in [5.41, 5.74) is 13.7. The van der Waals surface area contributed by atoms with Crippen molar-refractivity contribution in [3.63, 3.8) is 0 Å². The van der Waals surface area contributed by atoms with E-state index in [1.807, 2.05) is 48.5 Å². The molecule has 0 radical (unpaired) electrons. The van der Waals surface area contributed by atoms with Gasteiger partial charge in [-0.2, -0.15) is 0 Å². The molecule has 4 nitrogen and oxygen atoms in total. The lowest BCUT2D eigenvalue weighted by atomic mass is 9.94. The lowest BCUT2D eigenvalue weighted by Crippen LogP contribution is -2.00. The van der Waals surface area contributed by atoms with Gasteiger partial charge in [0, 0.05) is 27.5 Å². The van der Waals surface area contributed by atoms with Crippen molar-refractivity contribution >= 4 is 32.7 Å². The van der Waals surface area contributed by atoms with E-state index in [1.165, 1.54) is 27.8 Å². The Morgan fingerprint density at radius 2 is 0.763 bits per heavy atom. The maximum Gasteiger partial charge on any atom is 0.164 e. The van der Waals surface area contributed by atoms with Crippen LogP contribution in [0, 0.1) is 0 Å². The van der Waals surface area contributed by atoms with Gasteiger partial charge in [-0.05, 0) is 85.6 Å². The Bertz CT molecular complexity index is 3300. The van der Waals surface area contributed by atoms with Crippen LogP contribution in [0.3, 0.4) is 0 Å². The molecule has 2 heterocycles. The third-order valence-corrected chi connectivity index (χ3v) is 11.2. The van der Waals surface area contributed by atoms with Crippen molar-refractivity contribution in [2.24, 2.45) is 0 Å². The van der Waals surface area contributed by atoms with Crippen LogP contribution in [0.2, 0.25) is 0 Å². The van der Waals surface area contributed by atoms with E-state index in [2.05, 4.69) is 164 Å². The smallest absolute Gasteiger partial charge is 0.164 e. The number of hydrogen-bond donors (Lipinski definition) is 0. The van der Waals surface area contributed by atoms with Crippen molar-refractivity contribution in [1.82, 2.24) is 15.0 Å². The minimum Gasteiger partial charge on any atom is -0.456 e. The minimum absolute atomic E-state index is 0.582. The summed E-state index contributed by atoms with van der Waals surface area (Å²) >= 11 is 0. The van der Waals surface area contributed by atoms with E-state index < -0.39 is 0 Å². The molecule has 0 saturated carbocycles. The van der Waals surface area contributed by atoms with Crippen LogP contribution in [0.1, 0.15) is 0 Å². The molecule has 0 aliphatic heterocycles. The predicted molar refractivity (Wildman–Crippen MR) is 243 cm³/mol. The normalized spacial score (nSPS) is 11.4. The SMILES string of the molecule is c1ccc(-c2ccc(-c3cccc(-c4cccc5oc6cc(-c7nc(-c8ccccc8)nc(-c8ccc(-c9ccccc9)c9ccccc89)n7)ccc6c45)c3)cc2)cc1. The molecule has 0 amide bonds. The Morgan fingerprint density at radius 1 is 0.254 bits per heavy atom. The van der Waals surface area contributed by atoms with E-state index in [1.54, 1.807) is 0 Å². The molecule has 11 rings (SSSR count). The van der Waals surface area contributed by atoms with Crippen molar-refractivity contribution in [3.8, 4) is 78.7 Å². The fraction of sp³-hybridized carbons (Fsp3) is 0. The number of furan rings is 1. The molecular weight excluding hydrogens is 719 g/mol. The van der Waals surface area contributed by atoms with Crippen LogP contribution in [0.15, 0.2) is 217 Å². The lowest BCUT2D eigenvalue weighted by Gasteiger charge is -2.13. The molecule has 276 valence electrons. The van der Waals surface area contributed by atoms with Gasteiger partial charge in [-0.3, -0.25) is 0 Å². The molecule has 0 aliphatic carbocycles. The van der Waals surface area contributed by atoms with E-state index in [9.17, 15) is 0 Å². The van der Waals surface area contributed by atoms with Gasteiger partial charge >= 0.3 is 0 Å². The molecule has 11 aromatic rings. The van der Waals surface area contributed by atoms with Gasteiger partial charge in [0.15, 0.2) is 17.5 Å². The highest BCUT2D eigenvalue weighted by molar-refractivity contribution is 6.13. The summed E-state index contributed by atoms with van der Waals surface area (Å²) in [5, 5.41) is 4.35. The van der Waals surface area contributed by atoms with Gasteiger partial charge in [-0.15, -0.1) is 0 Å². The maximum absolute atomic E-state index is 6.62. The third-order valence-electron chi connectivity index (χ3n) is 11.2. The molecule has 0 fully saturated rings. The van der Waals surface area contributed by atoms with Crippen LogP contribution in [0.5, 0.6) is 0 Å². The fourth-order valence-electron chi connectivity index (χ4n) is 8.26. The summed E-state index contributed by atoms with van der Waals surface area (Å²) in [6.07, 6.45) is 0. The topological polar surface area (TPSA) is 51.8 Å². The van der Waals surface area contributed by atoms with E-state index in [0.717, 1.165) is 66.1 Å². The standard InChI is InChI=1S/C55H35N3O/c1-4-14-36(15-5-1)37-26-28-38(29-27-37)41-20-12-21-42(34-41)45-24-13-25-50-52(45)49-31-30-43(35-51(49)59-50)54-56-53(40-18-8-3-9-19-40)57-55(58-54)48-33-32-44(39-16-6-2-7-17-39)46-22-10-11-23-47(46)48/h1-35H.